The van der Waals surface area contributed by atoms with Gasteiger partial charge in [-0.15, -0.1) is 12.4 Å². The molecule has 0 aliphatic carbocycles. The average molecular weight is 581 g/mol. The minimum absolute atomic E-state index is 0. The molecule has 0 saturated carbocycles. The van der Waals surface area contributed by atoms with E-state index in [0.29, 0.717) is 26.2 Å². The molecule has 7 nitrogen and oxygen atoms in total. The third-order valence-corrected chi connectivity index (χ3v) is 7.25. The monoisotopic (exact) mass is 580 g/mol. The van der Waals surface area contributed by atoms with Crippen LogP contribution in [-0.2, 0) is 0 Å². The van der Waals surface area contributed by atoms with Gasteiger partial charge >= 0.3 is 0 Å². The van der Waals surface area contributed by atoms with Gasteiger partial charge in [-0.3, -0.25) is 14.5 Å². The van der Waals surface area contributed by atoms with Gasteiger partial charge in [-0.2, -0.15) is 0 Å². The summed E-state index contributed by atoms with van der Waals surface area (Å²) >= 11 is 0. The number of nitrogens with zero attached hydrogens (tertiary/aromatic N) is 2. The van der Waals surface area contributed by atoms with Gasteiger partial charge < -0.3 is 20.3 Å². The van der Waals surface area contributed by atoms with Crippen molar-refractivity contribution in [3.8, 4) is 5.75 Å². The summed E-state index contributed by atoms with van der Waals surface area (Å²) in [7, 11) is 1.64. The Morgan fingerprint density at radius 3 is 1.83 bits per heavy atom. The van der Waals surface area contributed by atoms with Crippen molar-refractivity contribution in [2.75, 3.05) is 38.2 Å². The highest BCUT2D eigenvalue weighted by Crippen LogP contribution is 2.31. The molecule has 2 amide bonds. The fraction of sp³-hybridized carbons (Fsp3) is 0.226. The van der Waals surface area contributed by atoms with Crippen LogP contribution in [0.3, 0.4) is 0 Å². The van der Waals surface area contributed by atoms with Crippen molar-refractivity contribution < 1.29 is 23.1 Å². The lowest BCUT2D eigenvalue weighted by Gasteiger charge is -2.46. The molecule has 5 rings (SSSR count). The minimum Gasteiger partial charge on any atom is -0.497 e. The molecule has 4 aromatic carbocycles. The number of halogens is 3. The predicted octanol–water partition coefficient (Wildman–Crippen LogP) is 5.20. The summed E-state index contributed by atoms with van der Waals surface area (Å²) in [6.07, 6.45) is 0. The van der Waals surface area contributed by atoms with Crippen molar-refractivity contribution in [2.24, 2.45) is 0 Å². The molecule has 0 spiro atoms. The zero-order valence-corrected chi connectivity index (χ0v) is 23.5. The number of anilines is 1. The molecule has 2 N–H and O–H groups in total. The predicted molar refractivity (Wildman–Crippen MR) is 158 cm³/mol. The van der Waals surface area contributed by atoms with E-state index in [-0.39, 0.29) is 23.5 Å². The van der Waals surface area contributed by atoms with Gasteiger partial charge in [-0.05, 0) is 79.0 Å². The molecule has 0 atom stereocenters. The Morgan fingerprint density at radius 1 is 0.780 bits per heavy atom. The fourth-order valence-corrected chi connectivity index (χ4v) is 5.01. The minimum atomic E-state index is -1.29. The molecular formula is C31H31ClF2N4O3. The third kappa shape index (κ3) is 6.58. The highest BCUT2D eigenvalue weighted by molar-refractivity contribution is 5.97. The number of carbonyl (C=O) groups excluding carboxylic acids is 2. The van der Waals surface area contributed by atoms with Crippen LogP contribution < -0.4 is 20.3 Å². The lowest BCUT2D eigenvalue weighted by Crippen LogP contribution is -2.71. The number of fused-ring (bicyclic) bond motifs is 1. The number of piperazine rings is 1. The number of methoxy groups -OCH3 is 1. The molecule has 1 aliphatic rings. The van der Waals surface area contributed by atoms with E-state index >= 15 is 0 Å². The quantitative estimate of drug-likeness (QED) is 0.294. The van der Waals surface area contributed by atoms with E-state index < -0.39 is 29.2 Å². The Bertz CT molecular complexity index is 1470. The molecule has 0 bridgehead atoms. The van der Waals surface area contributed by atoms with Crippen LogP contribution in [0.5, 0.6) is 5.75 Å². The fourth-order valence-electron chi connectivity index (χ4n) is 5.01. The van der Waals surface area contributed by atoms with Gasteiger partial charge in [-0.1, -0.05) is 18.2 Å². The number of nitrogens with one attached hydrogen (secondary N) is 2. The van der Waals surface area contributed by atoms with E-state index in [1.165, 1.54) is 48.5 Å². The van der Waals surface area contributed by atoms with E-state index in [1.807, 2.05) is 29.2 Å². The van der Waals surface area contributed by atoms with E-state index in [9.17, 15) is 18.4 Å². The maximum atomic E-state index is 13.4. The van der Waals surface area contributed by atoms with Crippen LogP contribution in [0, 0.1) is 11.6 Å². The lowest BCUT2D eigenvalue weighted by atomic mass is 10.1. The molecule has 0 aromatic heterocycles. The summed E-state index contributed by atoms with van der Waals surface area (Å²) in [4.78, 5) is 30.6. The molecule has 0 unspecified atom stereocenters. The van der Waals surface area contributed by atoms with E-state index in [0.717, 1.165) is 22.2 Å². The zero-order chi connectivity index (χ0) is 28.3. The van der Waals surface area contributed by atoms with Crippen LogP contribution in [0.15, 0.2) is 84.9 Å². The number of ether oxygens (including phenoxy) is 1. The molecule has 1 fully saturated rings. The summed E-state index contributed by atoms with van der Waals surface area (Å²) in [6, 6.07) is 22.5. The zero-order valence-electron chi connectivity index (χ0n) is 22.7. The van der Waals surface area contributed by atoms with Crippen molar-refractivity contribution in [1.82, 2.24) is 15.5 Å². The normalized spacial score (nSPS) is 13.8. The smallest absolute Gasteiger partial charge is 0.254 e. The topological polar surface area (TPSA) is 73.9 Å². The standard InChI is InChI=1S/C31H30F2N4O3.ClH/c1-31(34-29(38)22-6-11-24(32)12-7-22,35-30(39)23-8-13-25(33)14-9-23)37-18-16-36(17-19-37)28-5-3-4-21-10-15-26(40-2)20-27(21)28;/h3-15,20H,16-19H2,1-2H3,(H,34,38)(H,35,39);1H. The summed E-state index contributed by atoms with van der Waals surface area (Å²) in [6.45, 7) is 4.01. The molecule has 1 heterocycles. The molecule has 10 heteroatoms. The molecule has 1 saturated heterocycles. The maximum absolute atomic E-state index is 13.4. The van der Waals surface area contributed by atoms with Crippen LogP contribution in [-0.4, -0.2) is 55.8 Å². The van der Waals surface area contributed by atoms with Crippen molar-refractivity contribution in [3.05, 3.63) is 108 Å². The largest absolute Gasteiger partial charge is 0.497 e. The molecule has 1 aliphatic heterocycles. The van der Waals surface area contributed by atoms with E-state index in [4.69, 9.17) is 4.74 Å². The second-order valence-corrected chi connectivity index (χ2v) is 9.83. The molecule has 0 radical (unpaired) electrons. The van der Waals surface area contributed by atoms with Crippen LogP contribution in [0.1, 0.15) is 27.6 Å². The van der Waals surface area contributed by atoms with Crippen LogP contribution in [0.2, 0.25) is 0 Å². The first-order valence-corrected chi connectivity index (χ1v) is 13.0. The lowest BCUT2D eigenvalue weighted by molar-refractivity contribution is 0.0282. The highest BCUT2D eigenvalue weighted by atomic mass is 35.5. The maximum Gasteiger partial charge on any atom is 0.254 e. The molecule has 41 heavy (non-hydrogen) atoms. The van der Waals surface area contributed by atoms with Crippen LogP contribution in [0.25, 0.3) is 10.8 Å². The van der Waals surface area contributed by atoms with Gasteiger partial charge in [0.05, 0.1) is 7.11 Å². The van der Waals surface area contributed by atoms with Gasteiger partial charge in [0.15, 0.2) is 5.79 Å². The SMILES string of the molecule is COc1ccc2cccc(N3CCN(C(C)(NC(=O)c4ccc(F)cc4)NC(=O)c4ccc(F)cc4)CC3)c2c1.Cl. The van der Waals surface area contributed by atoms with Crippen molar-refractivity contribution >= 4 is 40.7 Å². The Kier molecular flexibility index (Phi) is 9.10. The van der Waals surface area contributed by atoms with Gasteiger partial charge in [0, 0.05) is 48.4 Å². The van der Waals surface area contributed by atoms with Crippen molar-refractivity contribution in [2.45, 2.75) is 12.7 Å². The first-order valence-electron chi connectivity index (χ1n) is 13.0. The highest BCUT2D eigenvalue weighted by Gasteiger charge is 2.38. The first kappa shape index (κ1) is 29.8. The number of amides is 2. The molecule has 4 aromatic rings. The second kappa shape index (κ2) is 12.5. The second-order valence-electron chi connectivity index (χ2n) is 9.83. The molecule has 214 valence electrons. The third-order valence-electron chi connectivity index (χ3n) is 7.25. The number of benzene rings is 4. The molecular weight excluding hydrogens is 550 g/mol. The number of hydrogen-bond acceptors (Lipinski definition) is 5. The Hall–Kier alpha value is -4.21. The van der Waals surface area contributed by atoms with Crippen molar-refractivity contribution in [1.29, 1.82) is 0 Å². The van der Waals surface area contributed by atoms with Crippen molar-refractivity contribution in [3.63, 3.8) is 0 Å². The number of rotatable bonds is 7. The first-order chi connectivity index (χ1) is 19.3. The van der Waals surface area contributed by atoms with Gasteiger partial charge in [0.2, 0.25) is 0 Å². The van der Waals surface area contributed by atoms with Gasteiger partial charge in [0.1, 0.15) is 17.4 Å². The van der Waals surface area contributed by atoms with E-state index in [2.05, 4.69) is 27.7 Å². The summed E-state index contributed by atoms with van der Waals surface area (Å²) in [5.41, 5.74) is 1.59. The Morgan fingerprint density at radius 2 is 1.32 bits per heavy atom. The summed E-state index contributed by atoms with van der Waals surface area (Å²) in [5.74, 6) is -2.35. The van der Waals surface area contributed by atoms with Gasteiger partial charge in [-0.25, -0.2) is 8.78 Å². The Labute approximate surface area is 243 Å². The summed E-state index contributed by atoms with van der Waals surface area (Å²) in [5, 5.41) is 8.04. The van der Waals surface area contributed by atoms with Gasteiger partial charge in [0.25, 0.3) is 11.8 Å². The Balaban J connectivity index is 0.00000387. The number of hydrogen-bond donors (Lipinski definition) is 2. The average Bonchev–Trinajstić information content (AvgIpc) is 2.97. The summed E-state index contributed by atoms with van der Waals surface area (Å²) < 4.78 is 32.3. The number of carbonyl (C=O) groups is 2. The van der Waals surface area contributed by atoms with Crippen LogP contribution >= 0.6 is 12.4 Å². The van der Waals surface area contributed by atoms with Crippen LogP contribution in [0.4, 0.5) is 14.5 Å². The van der Waals surface area contributed by atoms with E-state index in [1.54, 1.807) is 14.0 Å².